The summed E-state index contributed by atoms with van der Waals surface area (Å²) in [6.07, 6.45) is 9.20. The fraction of sp³-hybridized carbons (Fsp3) is 0.636. The van der Waals surface area contributed by atoms with E-state index < -0.39 is 0 Å². The number of hydrogen-bond acceptors (Lipinski definition) is 1. The van der Waals surface area contributed by atoms with Crippen LogP contribution >= 0.6 is 0 Å². The van der Waals surface area contributed by atoms with Crippen molar-refractivity contribution in [2.24, 2.45) is 0 Å². The molecule has 0 bridgehead atoms. The van der Waals surface area contributed by atoms with Crippen molar-refractivity contribution in [2.75, 3.05) is 19.6 Å². The molecule has 0 spiro atoms. The molecule has 0 aromatic carbocycles. The van der Waals surface area contributed by atoms with E-state index >= 15 is 0 Å². The molecule has 68 valence electrons. The molecule has 1 aliphatic rings. The predicted octanol–water partition coefficient (Wildman–Crippen LogP) is 2.60. The second kappa shape index (κ2) is 5.15. The van der Waals surface area contributed by atoms with Crippen LogP contribution in [0.3, 0.4) is 0 Å². The number of hydrogen-bond donors (Lipinski definition) is 0. The summed E-state index contributed by atoms with van der Waals surface area (Å²) in [6, 6.07) is 0. The van der Waals surface area contributed by atoms with Gasteiger partial charge in [-0.25, -0.2) is 0 Å². The third-order valence-electron chi connectivity index (χ3n) is 2.20. The highest BCUT2D eigenvalue weighted by Crippen LogP contribution is 2.10. The fourth-order valence-electron chi connectivity index (χ4n) is 1.46. The van der Waals surface area contributed by atoms with Gasteiger partial charge in [0.25, 0.3) is 0 Å². The molecule has 1 fully saturated rings. The minimum absolute atomic E-state index is 1.15. The second-order valence-corrected chi connectivity index (χ2v) is 3.32. The van der Waals surface area contributed by atoms with Crippen LogP contribution in [-0.2, 0) is 0 Å². The fourth-order valence-corrected chi connectivity index (χ4v) is 1.46. The SMILES string of the molecule is C/C=C\C(=C/CC)CN1CCC1. The van der Waals surface area contributed by atoms with Crippen molar-refractivity contribution < 1.29 is 0 Å². The van der Waals surface area contributed by atoms with Gasteiger partial charge in [-0.15, -0.1) is 0 Å². The van der Waals surface area contributed by atoms with Gasteiger partial charge in [0.15, 0.2) is 0 Å². The van der Waals surface area contributed by atoms with E-state index in [1.54, 1.807) is 0 Å². The number of nitrogens with zero attached hydrogens (tertiary/aromatic N) is 1. The van der Waals surface area contributed by atoms with Crippen molar-refractivity contribution in [2.45, 2.75) is 26.7 Å². The van der Waals surface area contributed by atoms with E-state index in [0.717, 1.165) is 13.0 Å². The summed E-state index contributed by atoms with van der Waals surface area (Å²) in [5.41, 5.74) is 1.47. The average molecular weight is 165 g/mol. The van der Waals surface area contributed by atoms with Crippen LogP contribution in [0.5, 0.6) is 0 Å². The van der Waals surface area contributed by atoms with Crippen molar-refractivity contribution in [1.29, 1.82) is 0 Å². The molecule has 1 aliphatic heterocycles. The van der Waals surface area contributed by atoms with Crippen LogP contribution in [0.2, 0.25) is 0 Å². The zero-order chi connectivity index (χ0) is 8.81. The molecule has 1 heterocycles. The molecule has 0 saturated carbocycles. The number of likely N-dealkylation sites (tertiary alicyclic amines) is 1. The van der Waals surface area contributed by atoms with Crippen LogP contribution in [0.15, 0.2) is 23.8 Å². The molecule has 12 heavy (non-hydrogen) atoms. The Hall–Kier alpha value is -0.560. The maximum Gasteiger partial charge on any atom is 0.0230 e. The Morgan fingerprint density at radius 3 is 2.58 bits per heavy atom. The first-order valence-electron chi connectivity index (χ1n) is 4.91. The van der Waals surface area contributed by atoms with E-state index in [1.807, 2.05) is 0 Å². The summed E-state index contributed by atoms with van der Waals surface area (Å²) in [5.74, 6) is 0. The number of allylic oxidation sites excluding steroid dienone is 2. The van der Waals surface area contributed by atoms with Gasteiger partial charge in [-0.2, -0.15) is 0 Å². The Bertz CT molecular complexity index is 175. The van der Waals surface area contributed by atoms with Crippen molar-refractivity contribution in [3.63, 3.8) is 0 Å². The lowest BCUT2D eigenvalue weighted by Gasteiger charge is -2.31. The first-order valence-corrected chi connectivity index (χ1v) is 4.91. The molecule has 0 radical (unpaired) electrons. The normalized spacial score (nSPS) is 20.0. The molecular formula is C11H19N. The average Bonchev–Trinajstić information content (AvgIpc) is 1.97. The molecule has 0 N–H and O–H groups in total. The van der Waals surface area contributed by atoms with Gasteiger partial charge < -0.3 is 0 Å². The maximum absolute atomic E-state index is 2.49. The molecule has 0 unspecified atom stereocenters. The Morgan fingerprint density at radius 1 is 1.42 bits per heavy atom. The van der Waals surface area contributed by atoms with Gasteiger partial charge in [0, 0.05) is 6.54 Å². The molecule has 0 aromatic heterocycles. The zero-order valence-corrected chi connectivity index (χ0v) is 8.21. The van der Waals surface area contributed by atoms with E-state index in [2.05, 4.69) is 37.0 Å². The summed E-state index contributed by atoms with van der Waals surface area (Å²) < 4.78 is 0. The van der Waals surface area contributed by atoms with Gasteiger partial charge in [0.2, 0.25) is 0 Å². The highest BCUT2D eigenvalue weighted by Gasteiger charge is 2.13. The van der Waals surface area contributed by atoms with Crippen LogP contribution < -0.4 is 0 Å². The van der Waals surface area contributed by atoms with E-state index in [9.17, 15) is 0 Å². The van der Waals surface area contributed by atoms with Gasteiger partial charge in [0.1, 0.15) is 0 Å². The lowest BCUT2D eigenvalue weighted by molar-refractivity contribution is 0.200. The van der Waals surface area contributed by atoms with Crippen LogP contribution in [0.4, 0.5) is 0 Å². The van der Waals surface area contributed by atoms with Crippen molar-refractivity contribution >= 4 is 0 Å². The van der Waals surface area contributed by atoms with Gasteiger partial charge >= 0.3 is 0 Å². The van der Waals surface area contributed by atoms with E-state index in [-0.39, 0.29) is 0 Å². The quantitative estimate of drug-likeness (QED) is 0.579. The summed E-state index contributed by atoms with van der Waals surface area (Å²) in [5, 5.41) is 0. The summed E-state index contributed by atoms with van der Waals surface area (Å²) in [6.45, 7) is 8.01. The first kappa shape index (κ1) is 9.53. The molecule has 0 aliphatic carbocycles. The Labute approximate surface area is 75.8 Å². The first-order chi connectivity index (χ1) is 5.86. The van der Waals surface area contributed by atoms with Crippen molar-refractivity contribution in [3.05, 3.63) is 23.8 Å². The molecular weight excluding hydrogens is 146 g/mol. The van der Waals surface area contributed by atoms with Gasteiger partial charge in [-0.1, -0.05) is 25.2 Å². The molecule has 1 heteroatoms. The highest BCUT2D eigenvalue weighted by atomic mass is 15.2. The topological polar surface area (TPSA) is 3.24 Å². The minimum Gasteiger partial charge on any atom is -0.299 e. The molecule has 0 amide bonds. The van der Waals surface area contributed by atoms with Crippen LogP contribution in [0.25, 0.3) is 0 Å². The largest absolute Gasteiger partial charge is 0.299 e. The van der Waals surface area contributed by atoms with Gasteiger partial charge in [0.05, 0.1) is 0 Å². The molecule has 0 aromatic rings. The van der Waals surface area contributed by atoms with Crippen molar-refractivity contribution in [3.8, 4) is 0 Å². The third kappa shape index (κ3) is 2.82. The Kier molecular flexibility index (Phi) is 4.09. The Morgan fingerprint density at radius 2 is 2.17 bits per heavy atom. The predicted molar refractivity (Wildman–Crippen MR) is 54.2 cm³/mol. The molecule has 1 rings (SSSR count). The Balaban J connectivity index is 2.36. The van der Waals surface area contributed by atoms with Gasteiger partial charge in [-0.05, 0) is 38.4 Å². The standard InChI is InChI=1S/C11H19N/c1-3-6-11(7-4-2)10-12-8-5-9-12/h3,6-7H,4-5,8-10H2,1-2H3/b6-3-,11-7+. The second-order valence-electron chi connectivity index (χ2n) is 3.32. The smallest absolute Gasteiger partial charge is 0.0230 e. The summed E-state index contributed by atoms with van der Waals surface area (Å²) in [4.78, 5) is 2.49. The van der Waals surface area contributed by atoms with E-state index in [4.69, 9.17) is 0 Å². The lowest BCUT2D eigenvalue weighted by atomic mass is 10.1. The van der Waals surface area contributed by atoms with Crippen LogP contribution in [-0.4, -0.2) is 24.5 Å². The third-order valence-corrected chi connectivity index (χ3v) is 2.20. The van der Waals surface area contributed by atoms with Gasteiger partial charge in [-0.3, -0.25) is 4.90 Å². The zero-order valence-electron chi connectivity index (χ0n) is 8.21. The summed E-state index contributed by atoms with van der Waals surface area (Å²) in [7, 11) is 0. The summed E-state index contributed by atoms with van der Waals surface area (Å²) >= 11 is 0. The van der Waals surface area contributed by atoms with Crippen LogP contribution in [0, 0.1) is 0 Å². The van der Waals surface area contributed by atoms with Crippen molar-refractivity contribution in [1.82, 2.24) is 4.90 Å². The lowest BCUT2D eigenvalue weighted by Crippen LogP contribution is -2.38. The molecule has 1 nitrogen and oxygen atoms in total. The van der Waals surface area contributed by atoms with E-state index in [0.29, 0.717) is 0 Å². The molecule has 0 atom stereocenters. The van der Waals surface area contributed by atoms with Crippen LogP contribution in [0.1, 0.15) is 26.7 Å². The minimum atomic E-state index is 1.15. The monoisotopic (exact) mass is 165 g/mol. The highest BCUT2D eigenvalue weighted by molar-refractivity contribution is 5.20. The maximum atomic E-state index is 2.49. The number of rotatable bonds is 4. The molecule has 1 saturated heterocycles. The van der Waals surface area contributed by atoms with E-state index in [1.165, 1.54) is 25.1 Å².